The van der Waals surface area contributed by atoms with Crippen LogP contribution in [0.4, 0.5) is 11.6 Å². The Kier molecular flexibility index (Phi) is 12.8. The molecule has 2 fully saturated rings. The standard InChI is InChI=1S/2C24H32N6O/c2*1-25-18-11-13-29(14-18)23-10-4-9-22-27-19(21(16-31)30(22)23)15-28(2)20-8-3-6-17-7-5-12-26-24(17)20/h2*4-5,7,9-10,12,18,20,25,31H,3,6,8,11,13-16H2,1-2H3/t2*18-,20+/m11/s1. The van der Waals surface area contributed by atoms with Crippen molar-refractivity contribution in [2.45, 2.75) is 102 Å². The Morgan fingerprint density at radius 1 is 0.613 bits per heavy atom. The van der Waals surface area contributed by atoms with Gasteiger partial charge in [0.2, 0.25) is 0 Å². The maximum Gasteiger partial charge on any atom is 0.138 e. The summed E-state index contributed by atoms with van der Waals surface area (Å²) in [7, 11) is 8.35. The SMILES string of the molecule is CN[C@@H]1CCN(c2cccc3nc(CN(C)[C@H]4CCCc5cccnc54)c(CO)n23)C1.CN[C@@H]1CCN(c2cccc3nc(CN(C)[C@H]4CCCc5cccnc54)c(CO)n23)C1. The van der Waals surface area contributed by atoms with E-state index < -0.39 is 0 Å². The van der Waals surface area contributed by atoms with Gasteiger partial charge < -0.3 is 30.6 Å². The summed E-state index contributed by atoms with van der Waals surface area (Å²) in [6, 6.07) is 22.5. The molecule has 0 unspecified atom stereocenters. The van der Waals surface area contributed by atoms with Crippen LogP contribution >= 0.6 is 0 Å². The van der Waals surface area contributed by atoms with Gasteiger partial charge in [-0.15, -0.1) is 0 Å². The fraction of sp³-hybridized carbons (Fsp3) is 0.500. The Morgan fingerprint density at radius 2 is 1.06 bits per heavy atom. The quantitative estimate of drug-likeness (QED) is 0.131. The van der Waals surface area contributed by atoms with E-state index >= 15 is 0 Å². The number of fused-ring (bicyclic) bond motifs is 4. The van der Waals surface area contributed by atoms with Crippen LogP contribution in [0.2, 0.25) is 0 Å². The fourth-order valence-corrected chi connectivity index (χ4v) is 10.6. The molecule has 0 radical (unpaired) electrons. The third-order valence-corrected chi connectivity index (χ3v) is 13.9. The molecule has 62 heavy (non-hydrogen) atoms. The number of aliphatic hydroxyl groups excluding tert-OH is 2. The highest BCUT2D eigenvalue weighted by Gasteiger charge is 2.30. The molecule has 10 rings (SSSR count). The van der Waals surface area contributed by atoms with Crippen molar-refractivity contribution in [1.82, 2.24) is 49.2 Å². The zero-order valence-corrected chi connectivity index (χ0v) is 36.9. The zero-order valence-electron chi connectivity index (χ0n) is 36.9. The van der Waals surface area contributed by atoms with Crippen molar-refractivity contribution in [3.8, 4) is 0 Å². The number of aliphatic hydroxyl groups is 2. The summed E-state index contributed by atoms with van der Waals surface area (Å²) >= 11 is 0. The summed E-state index contributed by atoms with van der Waals surface area (Å²) in [6.07, 6.45) is 12.8. The van der Waals surface area contributed by atoms with Gasteiger partial charge in [-0.3, -0.25) is 28.6 Å². The van der Waals surface area contributed by atoms with Gasteiger partial charge in [0.25, 0.3) is 0 Å². The highest BCUT2D eigenvalue weighted by Crippen LogP contribution is 2.35. The molecule has 6 aromatic rings. The maximum atomic E-state index is 10.3. The van der Waals surface area contributed by atoms with E-state index in [2.05, 4.69) is 89.5 Å². The number of likely N-dealkylation sites (N-methyl/N-ethyl adjacent to an activating group) is 2. The molecule has 4 aliphatic rings. The third-order valence-electron chi connectivity index (χ3n) is 13.9. The van der Waals surface area contributed by atoms with Crippen molar-refractivity contribution in [3.63, 3.8) is 0 Å². The van der Waals surface area contributed by atoms with Crippen LogP contribution in [0.3, 0.4) is 0 Å². The average molecular weight is 841 g/mol. The number of nitrogens with zero attached hydrogens (tertiary/aromatic N) is 10. The van der Waals surface area contributed by atoms with Crippen molar-refractivity contribution >= 4 is 22.9 Å². The van der Waals surface area contributed by atoms with Crippen molar-refractivity contribution < 1.29 is 10.2 Å². The normalized spacial score (nSPS) is 21.2. The number of nitrogens with one attached hydrogen (secondary N) is 2. The van der Waals surface area contributed by atoms with E-state index in [4.69, 9.17) is 19.9 Å². The number of anilines is 2. The van der Waals surface area contributed by atoms with Gasteiger partial charge in [0.05, 0.1) is 59.5 Å². The molecule has 4 atom stereocenters. The Hall–Kier alpha value is -4.96. The summed E-state index contributed by atoms with van der Waals surface area (Å²) < 4.78 is 4.29. The van der Waals surface area contributed by atoms with Crippen LogP contribution in [-0.2, 0) is 39.1 Å². The Morgan fingerprint density at radius 3 is 1.47 bits per heavy atom. The second-order valence-corrected chi connectivity index (χ2v) is 17.7. The van der Waals surface area contributed by atoms with Crippen molar-refractivity contribution in [2.75, 3.05) is 64.2 Å². The van der Waals surface area contributed by atoms with E-state index in [0.29, 0.717) is 25.2 Å². The van der Waals surface area contributed by atoms with E-state index in [1.54, 1.807) is 0 Å². The first-order valence-electron chi connectivity index (χ1n) is 22.7. The second kappa shape index (κ2) is 18.8. The highest BCUT2D eigenvalue weighted by atomic mass is 16.3. The Balaban J connectivity index is 0.000000158. The zero-order chi connectivity index (χ0) is 42.7. The van der Waals surface area contributed by atoms with Gasteiger partial charge in [0.15, 0.2) is 0 Å². The van der Waals surface area contributed by atoms with Gasteiger partial charge in [0, 0.05) is 63.7 Å². The molecule has 2 saturated heterocycles. The molecule has 6 aromatic heterocycles. The van der Waals surface area contributed by atoms with Crippen LogP contribution < -0.4 is 20.4 Å². The molecule has 14 heteroatoms. The lowest BCUT2D eigenvalue weighted by Crippen LogP contribution is -2.30. The molecule has 8 heterocycles. The molecular formula is C48H64N12O2. The third kappa shape index (κ3) is 8.31. The number of hydrogen-bond donors (Lipinski definition) is 4. The van der Waals surface area contributed by atoms with Gasteiger partial charge >= 0.3 is 0 Å². The molecule has 0 saturated carbocycles. The lowest BCUT2D eigenvalue weighted by atomic mass is 9.91. The Labute approximate surface area is 365 Å². The second-order valence-electron chi connectivity index (χ2n) is 17.7. The van der Waals surface area contributed by atoms with E-state index in [0.717, 1.165) is 110 Å². The summed E-state index contributed by atoms with van der Waals surface area (Å²) in [6.45, 7) is 5.29. The number of imidazole rings is 2. The smallest absolute Gasteiger partial charge is 0.138 e. The van der Waals surface area contributed by atoms with Crippen LogP contribution in [0.15, 0.2) is 73.1 Å². The number of aryl methyl sites for hydroxylation is 2. The predicted molar refractivity (Wildman–Crippen MR) is 244 cm³/mol. The minimum atomic E-state index is -0.0237. The first-order chi connectivity index (χ1) is 30.4. The van der Waals surface area contributed by atoms with Crippen molar-refractivity contribution in [1.29, 1.82) is 0 Å². The van der Waals surface area contributed by atoms with Gasteiger partial charge in [0.1, 0.15) is 22.9 Å². The molecule has 328 valence electrons. The molecule has 0 bridgehead atoms. The van der Waals surface area contributed by atoms with Crippen molar-refractivity contribution in [3.05, 3.63) is 118 Å². The van der Waals surface area contributed by atoms with E-state index in [-0.39, 0.29) is 25.3 Å². The lowest BCUT2D eigenvalue weighted by molar-refractivity contribution is 0.203. The van der Waals surface area contributed by atoms with Crippen LogP contribution in [0, 0.1) is 0 Å². The largest absolute Gasteiger partial charge is 0.390 e. The fourth-order valence-electron chi connectivity index (χ4n) is 10.6. The van der Waals surface area contributed by atoms with Crippen LogP contribution in [0.1, 0.15) is 95.9 Å². The van der Waals surface area contributed by atoms with E-state index in [9.17, 15) is 10.2 Å². The maximum absolute atomic E-state index is 10.3. The number of hydrogen-bond acceptors (Lipinski definition) is 12. The van der Waals surface area contributed by atoms with Crippen molar-refractivity contribution in [2.24, 2.45) is 0 Å². The summed E-state index contributed by atoms with van der Waals surface area (Å²) in [5.74, 6) is 2.23. The van der Waals surface area contributed by atoms with E-state index in [1.807, 2.05) is 50.8 Å². The molecule has 4 N–H and O–H groups in total. The molecule has 0 aromatic carbocycles. The van der Waals surface area contributed by atoms with Gasteiger partial charge in [-0.2, -0.15) is 0 Å². The summed E-state index contributed by atoms with van der Waals surface area (Å²) in [5.41, 5.74) is 10.6. The Bertz CT molecular complexity index is 2300. The van der Waals surface area contributed by atoms with Gasteiger partial charge in [-0.25, -0.2) is 9.97 Å². The van der Waals surface area contributed by atoms with Crippen LogP contribution in [0.25, 0.3) is 11.3 Å². The van der Waals surface area contributed by atoms with Gasteiger partial charge in [-0.05, 0) is 127 Å². The minimum Gasteiger partial charge on any atom is -0.390 e. The summed E-state index contributed by atoms with van der Waals surface area (Å²) in [4.78, 5) is 28.8. The topological polar surface area (TPSA) is 138 Å². The van der Waals surface area contributed by atoms with Crippen LogP contribution in [-0.4, -0.2) is 115 Å². The molecule has 2 aliphatic carbocycles. The predicted octanol–water partition coefficient (Wildman–Crippen LogP) is 5.06. The minimum absolute atomic E-state index is 0.0237. The molecule has 2 aliphatic heterocycles. The lowest BCUT2D eigenvalue weighted by Gasteiger charge is -2.32. The first-order valence-corrected chi connectivity index (χ1v) is 22.7. The van der Waals surface area contributed by atoms with E-state index in [1.165, 1.54) is 35.4 Å². The number of pyridine rings is 4. The summed E-state index contributed by atoms with van der Waals surface area (Å²) in [5, 5.41) is 27.4. The van der Waals surface area contributed by atoms with Crippen LogP contribution in [0.5, 0.6) is 0 Å². The molecule has 14 nitrogen and oxygen atoms in total. The monoisotopic (exact) mass is 841 g/mol. The number of rotatable bonds is 12. The molecule has 0 spiro atoms. The molecule has 0 amide bonds. The molecular weight excluding hydrogens is 777 g/mol. The van der Waals surface area contributed by atoms with Gasteiger partial charge in [-0.1, -0.05) is 24.3 Å². The number of aromatic nitrogens is 6. The average Bonchev–Trinajstić information content (AvgIpc) is 4.13. The highest BCUT2D eigenvalue weighted by molar-refractivity contribution is 5.57. The first kappa shape index (κ1) is 42.3.